The Kier molecular flexibility index (Phi) is 6.16. The highest BCUT2D eigenvalue weighted by Crippen LogP contribution is 2.31. The van der Waals surface area contributed by atoms with Crippen molar-refractivity contribution in [1.29, 1.82) is 0 Å². The van der Waals surface area contributed by atoms with Crippen molar-refractivity contribution < 1.29 is 0 Å². The highest BCUT2D eigenvalue weighted by atomic mass is 32.2. The molecule has 1 nitrogen and oxygen atoms in total. The van der Waals surface area contributed by atoms with Crippen LogP contribution in [0.25, 0.3) is 10.8 Å². The molecule has 1 saturated heterocycles. The number of benzene rings is 2. The molecule has 1 atom stereocenters. The van der Waals surface area contributed by atoms with Crippen LogP contribution in [0.1, 0.15) is 5.56 Å². The average Bonchev–Trinajstić information content (AvgIpc) is 2.91. The first kappa shape index (κ1) is 18.8. The van der Waals surface area contributed by atoms with E-state index in [0.717, 1.165) is 23.2 Å². The fourth-order valence-electron chi connectivity index (χ4n) is 2.75. The molecule has 0 aromatic heterocycles. The zero-order chi connectivity index (χ0) is 17.9. The predicted octanol–water partition coefficient (Wildman–Crippen LogP) is 5.61. The SMILES string of the molecule is C[Si](C)(C)C#CSCC1CN(Cc2cccc3ccccc23)C(=S)S1. The molecule has 130 valence electrons. The van der Waals surface area contributed by atoms with Crippen molar-refractivity contribution in [3.05, 3.63) is 48.0 Å². The molecule has 1 heterocycles. The Morgan fingerprint density at radius 3 is 2.76 bits per heavy atom. The fourth-order valence-corrected chi connectivity index (χ4v) is 6.49. The molecule has 3 rings (SSSR count). The molecule has 1 aliphatic rings. The summed E-state index contributed by atoms with van der Waals surface area (Å²) in [6.45, 7) is 8.77. The van der Waals surface area contributed by atoms with Gasteiger partial charge in [-0.3, -0.25) is 0 Å². The summed E-state index contributed by atoms with van der Waals surface area (Å²) in [6, 6.07) is 15.1. The summed E-state index contributed by atoms with van der Waals surface area (Å²) in [7, 11) is -1.26. The van der Waals surface area contributed by atoms with Gasteiger partial charge in [-0.05, 0) is 21.6 Å². The molecule has 2 aromatic rings. The minimum Gasteiger partial charge on any atom is -0.352 e. The summed E-state index contributed by atoms with van der Waals surface area (Å²) < 4.78 is 1.02. The summed E-state index contributed by atoms with van der Waals surface area (Å²) in [5.41, 5.74) is 4.78. The molecule has 1 unspecified atom stereocenters. The first-order valence-electron chi connectivity index (χ1n) is 8.48. The second-order valence-corrected chi connectivity index (χ2v) is 14.8. The third-order valence-corrected chi connectivity index (χ3v) is 7.70. The zero-order valence-corrected chi connectivity index (χ0v) is 18.4. The van der Waals surface area contributed by atoms with Gasteiger partial charge in [-0.1, -0.05) is 97.8 Å². The van der Waals surface area contributed by atoms with Gasteiger partial charge in [0, 0.05) is 24.1 Å². The van der Waals surface area contributed by atoms with Gasteiger partial charge in [0.1, 0.15) is 12.4 Å². The summed E-state index contributed by atoms with van der Waals surface area (Å²) in [5.74, 6) is 1.05. The summed E-state index contributed by atoms with van der Waals surface area (Å²) in [6.07, 6.45) is 0. The minimum atomic E-state index is -1.26. The van der Waals surface area contributed by atoms with Gasteiger partial charge < -0.3 is 4.90 Å². The van der Waals surface area contributed by atoms with Crippen LogP contribution in [0.2, 0.25) is 19.6 Å². The van der Waals surface area contributed by atoms with Crippen molar-refractivity contribution in [1.82, 2.24) is 4.90 Å². The Bertz CT molecular complexity index is 827. The van der Waals surface area contributed by atoms with Crippen LogP contribution in [0, 0.1) is 10.8 Å². The Balaban J connectivity index is 1.62. The van der Waals surface area contributed by atoms with E-state index in [4.69, 9.17) is 12.2 Å². The lowest BCUT2D eigenvalue weighted by Gasteiger charge is -2.18. The fraction of sp³-hybridized carbons (Fsp3) is 0.350. The smallest absolute Gasteiger partial charge is 0.137 e. The van der Waals surface area contributed by atoms with Crippen LogP contribution in [0.5, 0.6) is 0 Å². The van der Waals surface area contributed by atoms with Gasteiger partial charge in [0.15, 0.2) is 0 Å². The van der Waals surface area contributed by atoms with Crippen molar-refractivity contribution in [3.8, 4) is 10.8 Å². The van der Waals surface area contributed by atoms with E-state index < -0.39 is 8.07 Å². The molecule has 25 heavy (non-hydrogen) atoms. The summed E-state index contributed by atoms with van der Waals surface area (Å²) in [5, 5.41) is 6.48. The van der Waals surface area contributed by atoms with E-state index in [1.807, 2.05) is 11.8 Å². The van der Waals surface area contributed by atoms with Gasteiger partial charge in [0.2, 0.25) is 0 Å². The molecule has 0 aliphatic carbocycles. The van der Waals surface area contributed by atoms with E-state index in [2.05, 4.69) is 77.8 Å². The first-order valence-corrected chi connectivity index (χ1v) is 14.3. The maximum Gasteiger partial charge on any atom is 0.137 e. The molecular formula is C20H23NS3Si. The van der Waals surface area contributed by atoms with Crippen LogP contribution in [-0.4, -0.2) is 34.8 Å². The Morgan fingerprint density at radius 1 is 1.20 bits per heavy atom. The third-order valence-electron chi connectivity index (χ3n) is 3.96. The highest BCUT2D eigenvalue weighted by Gasteiger charge is 2.27. The van der Waals surface area contributed by atoms with Gasteiger partial charge in [-0.2, -0.15) is 0 Å². The van der Waals surface area contributed by atoms with Gasteiger partial charge in [0.25, 0.3) is 0 Å². The summed E-state index contributed by atoms with van der Waals surface area (Å²) >= 11 is 9.22. The van der Waals surface area contributed by atoms with Gasteiger partial charge in [-0.15, -0.1) is 5.54 Å². The second kappa shape index (κ2) is 8.18. The Labute approximate surface area is 166 Å². The topological polar surface area (TPSA) is 3.24 Å². The Morgan fingerprint density at radius 2 is 1.96 bits per heavy atom. The predicted molar refractivity (Wildman–Crippen MR) is 122 cm³/mol. The second-order valence-electron chi connectivity index (χ2n) is 7.31. The lowest BCUT2D eigenvalue weighted by atomic mass is 10.0. The molecule has 0 N–H and O–H groups in total. The molecule has 0 saturated carbocycles. The number of fused-ring (bicyclic) bond motifs is 1. The normalized spacial score (nSPS) is 17.6. The highest BCUT2D eigenvalue weighted by molar-refractivity contribution is 8.24. The largest absolute Gasteiger partial charge is 0.352 e. The van der Waals surface area contributed by atoms with E-state index in [1.54, 1.807) is 11.8 Å². The number of hydrogen-bond donors (Lipinski definition) is 0. The van der Waals surface area contributed by atoms with E-state index >= 15 is 0 Å². The van der Waals surface area contributed by atoms with Crippen LogP contribution in [-0.2, 0) is 6.54 Å². The van der Waals surface area contributed by atoms with Crippen LogP contribution in [0.15, 0.2) is 42.5 Å². The molecule has 0 radical (unpaired) electrons. The molecule has 0 bridgehead atoms. The van der Waals surface area contributed by atoms with E-state index in [9.17, 15) is 0 Å². The number of nitrogens with zero attached hydrogens (tertiary/aromatic N) is 1. The van der Waals surface area contributed by atoms with Gasteiger partial charge in [-0.25, -0.2) is 0 Å². The first-order chi connectivity index (χ1) is 11.9. The van der Waals surface area contributed by atoms with Gasteiger partial charge >= 0.3 is 0 Å². The zero-order valence-electron chi connectivity index (χ0n) is 14.9. The summed E-state index contributed by atoms with van der Waals surface area (Å²) in [4.78, 5) is 2.35. The minimum absolute atomic E-state index is 0.545. The molecule has 1 aliphatic heterocycles. The third kappa shape index (κ3) is 5.27. The lowest BCUT2D eigenvalue weighted by molar-refractivity contribution is 0.446. The van der Waals surface area contributed by atoms with Crippen LogP contribution in [0.4, 0.5) is 0 Å². The van der Waals surface area contributed by atoms with Crippen LogP contribution < -0.4 is 0 Å². The molecule has 0 amide bonds. The maximum atomic E-state index is 5.63. The monoisotopic (exact) mass is 401 g/mol. The molecule has 1 fully saturated rings. The maximum absolute atomic E-state index is 5.63. The Hall–Kier alpha value is -0.933. The quantitative estimate of drug-likeness (QED) is 0.372. The van der Waals surface area contributed by atoms with Crippen molar-refractivity contribution >= 4 is 58.9 Å². The van der Waals surface area contributed by atoms with Crippen molar-refractivity contribution in [2.75, 3.05) is 12.3 Å². The van der Waals surface area contributed by atoms with Crippen molar-refractivity contribution in [2.45, 2.75) is 31.4 Å². The standard InChI is InChI=1S/C20H23NS3Si/c1-25(2,3)12-11-23-15-18-14-21(20(22)24-18)13-17-9-6-8-16-7-4-5-10-19(16)17/h4-10,18H,13-15H2,1-3H3. The van der Waals surface area contributed by atoms with E-state index in [1.165, 1.54) is 16.3 Å². The average molecular weight is 402 g/mol. The van der Waals surface area contributed by atoms with Gasteiger partial charge in [0.05, 0.1) is 0 Å². The molecule has 5 heteroatoms. The molecular weight excluding hydrogens is 379 g/mol. The van der Waals surface area contributed by atoms with E-state index in [0.29, 0.717) is 5.25 Å². The molecule has 0 spiro atoms. The van der Waals surface area contributed by atoms with E-state index in [-0.39, 0.29) is 0 Å². The number of thioether (sulfide) groups is 2. The van der Waals surface area contributed by atoms with Crippen LogP contribution >= 0.6 is 35.7 Å². The van der Waals surface area contributed by atoms with Crippen molar-refractivity contribution in [2.24, 2.45) is 0 Å². The number of rotatable bonds is 4. The lowest BCUT2D eigenvalue weighted by Crippen LogP contribution is -2.25. The number of thiocarbonyl (C=S) groups is 1. The van der Waals surface area contributed by atoms with Crippen LogP contribution in [0.3, 0.4) is 0 Å². The van der Waals surface area contributed by atoms with Crippen molar-refractivity contribution in [3.63, 3.8) is 0 Å². The molecule has 2 aromatic carbocycles. The number of hydrogen-bond acceptors (Lipinski definition) is 3.